The molecule has 2 aliphatic rings. The quantitative estimate of drug-likeness (QED) is 0.879. The van der Waals surface area contributed by atoms with Crippen LogP contribution in [0.5, 0.6) is 11.5 Å². The van der Waals surface area contributed by atoms with Gasteiger partial charge in [-0.05, 0) is 50.4 Å². The summed E-state index contributed by atoms with van der Waals surface area (Å²) in [6.07, 6.45) is 3.13. The zero-order chi connectivity index (χ0) is 14.0. The Labute approximate surface area is 118 Å². The second-order valence-corrected chi connectivity index (χ2v) is 5.59. The molecule has 1 aromatic carbocycles. The summed E-state index contributed by atoms with van der Waals surface area (Å²) in [7, 11) is 0. The highest BCUT2D eigenvalue weighted by atomic mass is 16.7. The van der Waals surface area contributed by atoms with E-state index in [-0.39, 0.29) is 12.7 Å². The van der Waals surface area contributed by atoms with Gasteiger partial charge in [0.15, 0.2) is 11.5 Å². The molecular weight excluding hydrogens is 256 g/mol. The van der Waals surface area contributed by atoms with Gasteiger partial charge in [0.25, 0.3) is 0 Å². The van der Waals surface area contributed by atoms with Crippen molar-refractivity contribution in [2.24, 2.45) is 0 Å². The minimum atomic E-state index is -0.436. The SMILES string of the molecule is CC1(C(=O)NCc2ccc3c(c2)OCO3)CCCCN1. The highest BCUT2D eigenvalue weighted by Gasteiger charge is 2.33. The van der Waals surface area contributed by atoms with E-state index in [2.05, 4.69) is 10.6 Å². The molecule has 3 rings (SSSR count). The normalized spacial score (nSPS) is 24.4. The van der Waals surface area contributed by atoms with Crippen LogP contribution < -0.4 is 20.1 Å². The Balaban J connectivity index is 1.60. The Morgan fingerprint density at radius 1 is 1.35 bits per heavy atom. The van der Waals surface area contributed by atoms with Crippen LogP contribution in [0, 0.1) is 0 Å². The molecule has 0 bridgehead atoms. The van der Waals surface area contributed by atoms with Crippen molar-refractivity contribution in [3.63, 3.8) is 0 Å². The number of benzene rings is 1. The molecule has 1 aromatic rings. The van der Waals surface area contributed by atoms with Gasteiger partial charge in [0, 0.05) is 6.54 Å². The third-order valence-electron chi connectivity index (χ3n) is 4.01. The summed E-state index contributed by atoms with van der Waals surface area (Å²) in [6.45, 7) is 3.66. The van der Waals surface area contributed by atoms with E-state index >= 15 is 0 Å². The first-order valence-electron chi connectivity index (χ1n) is 7.09. The molecule has 5 nitrogen and oxygen atoms in total. The first kappa shape index (κ1) is 13.2. The number of ether oxygens (including phenoxy) is 2. The average molecular weight is 276 g/mol. The first-order valence-corrected chi connectivity index (χ1v) is 7.09. The summed E-state index contributed by atoms with van der Waals surface area (Å²) < 4.78 is 10.6. The van der Waals surface area contributed by atoms with Gasteiger partial charge in [-0.3, -0.25) is 4.79 Å². The molecule has 1 fully saturated rings. The van der Waals surface area contributed by atoms with Crippen molar-refractivity contribution in [1.29, 1.82) is 0 Å². The van der Waals surface area contributed by atoms with Gasteiger partial charge >= 0.3 is 0 Å². The number of fused-ring (bicyclic) bond motifs is 1. The molecule has 2 N–H and O–H groups in total. The molecule has 1 amide bonds. The van der Waals surface area contributed by atoms with Crippen LogP contribution in [0.25, 0.3) is 0 Å². The van der Waals surface area contributed by atoms with Crippen molar-refractivity contribution < 1.29 is 14.3 Å². The molecule has 0 aliphatic carbocycles. The van der Waals surface area contributed by atoms with Crippen molar-refractivity contribution in [2.45, 2.75) is 38.3 Å². The minimum Gasteiger partial charge on any atom is -0.454 e. The predicted octanol–water partition coefficient (Wildman–Crippen LogP) is 1.56. The number of amides is 1. The van der Waals surface area contributed by atoms with Crippen LogP contribution >= 0.6 is 0 Å². The molecular formula is C15H20N2O3. The Bertz CT molecular complexity index is 510. The fourth-order valence-electron chi connectivity index (χ4n) is 2.68. The molecule has 0 spiro atoms. The number of rotatable bonds is 3. The lowest BCUT2D eigenvalue weighted by Gasteiger charge is -2.33. The number of hydrogen-bond donors (Lipinski definition) is 2. The van der Waals surface area contributed by atoms with Crippen molar-refractivity contribution in [2.75, 3.05) is 13.3 Å². The van der Waals surface area contributed by atoms with Gasteiger partial charge in [-0.2, -0.15) is 0 Å². The molecule has 20 heavy (non-hydrogen) atoms. The summed E-state index contributed by atoms with van der Waals surface area (Å²) in [4.78, 5) is 12.3. The smallest absolute Gasteiger partial charge is 0.240 e. The van der Waals surface area contributed by atoms with Crippen LogP contribution in [0.3, 0.4) is 0 Å². The Hall–Kier alpha value is -1.75. The van der Waals surface area contributed by atoms with Gasteiger partial charge in [0.1, 0.15) is 0 Å². The van der Waals surface area contributed by atoms with Gasteiger partial charge in [0.05, 0.1) is 5.54 Å². The molecule has 2 heterocycles. The van der Waals surface area contributed by atoms with E-state index in [1.807, 2.05) is 25.1 Å². The third kappa shape index (κ3) is 2.58. The molecule has 108 valence electrons. The number of piperidine rings is 1. The van der Waals surface area contributed by atoms with E-state index in [0.29, 0.717) is 6.54 Å². The zero-order valence-corrected chi connectivity index (χ0v) is 11.7. The Morgan fingerprint density at radius 2 is 2.20 bits per heavy atom. The zero-order valence-electron chi connectivity index (χ0n) is 11.7. The molecule has 1 saturated heterocycles. The number of hydrogen-bond acceptors (Lipinski definition) is 4. The standard InChI is InChI=1S/C15H20N2O3/c1-15(6-2-3-7-17-15)14(18)16-9-11-4-5-12-13(8-11)20-10-19-12/h4-5,8,17H,2-3,6-7,9-10H2,1H3,(H,16,18). The topological polar surface area (TPSA) is 59.6 Å². The van der Waals surface area contributed by atoms with E-state index in [1.165, 1.54) is 0 Å². The maximum atomic E-state index is 12.3. The van der Waals surface area contributed by atoms with Crippen molar-refractivity contribution in [3.8, 4) is 11.5 Å². The summed E-state index contributed by atoms with van der Waals surface area (Å²) in [5.41, 5.74) is 0.580. The van der Waals surface area contributed by atoms with Gasteiger partial charge in [-0.15, -0.1) is 0 Å². The molecule has 5 heteroatoms. The second-order valence-electron chi connectivity index (χ2n) is 5.59. The second kappa shape index (κ2) is 5.32. The van der Waals surface area contributed by atoms with Crippen LogP contribution in [-0.2, 0) is 11.3 Å². The van der Waals surface area contributed by atoms with Gasteiger partial charge in [-0.25, -0.2) is 0 Å². The Kier molecular flexibility index (Phi) is 3.53. The summed E-state index contributed by atoms with van der Waals surface area (Å²) in [5.74, 6) is 1.58. The Morgan fingerprint density at radius 3 is 3.00 bits per heavy atom. The van der Waals surface area contributed by atoms with Crippen LogP contribution in [0.15, 0.2) is 18.2 Å². The minimum absolute atomic E-state index is 0.0647. The fraction of sp³-hybridized carbons (Fsp3) is 0.533. The van der Waals surface area contributed by atoms with Crippen LogP contribution in [-0.4, -0.2) is 24.8 Å². The maximum Gasteiger partial charge on any atom is 0.240 e. The van der Waals surface area contributed by atoms with Gasteiger partial charge < -0.3 is 20.1 Å². The lowest BCUT2D eigenvalue weighted by Crippen LogP contribution is -2.56. The van der Waals surface area contributed by atoms with E-state index in [4.69, 9.17) is 9.47 Å². The highest BCUT2D eigenvalue weighted by Crippen LogP contribution is 2.32. The van der Waals surface area contributed by atoms with Crippen LogP contribution in [0.1, 0.15) is 31.7 Å². The predicted molar refractivity (Wildman–Crippen MR) is 74.7 cm³/mol. The third-order valence-corrected chi connectivity index (χ3v) is 4.01. The summed E-state index contributed by atoms with van der Waals surface area (Å²) in [5, 5.41) is 6.32. The molecule has 1 atom stereocenters. The van der Waals surface area contributed by atoms with Crippen LogP contribution in [0.2, 0.25) is 0 Å². The number of carbonyl (C=O) groups is 1. The van der Waals surface area contributed by atoms with E-state index in [0.717, 1.165) is 42.9 Å². The van der Waals surface area contributed by atoms with Crippen molar-refractivity contribution >= 4 is 5.91 Å². The van der Waals surface area contributed by atoms with Crippen molar-refractivity contribution in [1.82, 2.24) is 10.6 Å². The maximum absolute atomic E-state index is 12.3. The van der Waals surface area contributed by atoms with E-state index < -0.39 is 5.54 Å². The summed E-state index contributed by atoms with van der Waals surface area (Å²) in [6, 6.07) is 5.74. The summed E-state index contributed by atoms with van der Waals surface area (Å²) >= 11 is 0. The largest absolute Gasteiger partial charge is 0.454 e. The molecule has 0 aromatic heterocycles. The van der Waals surface area contributed by atoms with Crippen molar-refractivity contribution in [3.05, 3.63) is 23.8 Å². The molecule has 0 saturated carbocycles. The van der Waals surface area contributed by atoms with Gasteiger partial charge in [-0.1, -0.05) is 6.07 Å². The highest BCUT2D eigenvalue weighted by molar-refractivity contribution is 5.85. The van der Waals surface area contributed by atoms with Crippen LogP contribution in [0.4, 0.5) is 0 Å². The molecule has 2 aliphatic heterocycles. The number of carbonyl (C=O) groups excluding carboxylic acids is 1. The lowest BCUT2D eigenvalue weighted by molar-refractivity contribution is -0.128. The number of nitrogens with one attached hydrogen (secondary N) is 2. The molecule has 0 radical (unpaired) electrons. The van der Waals surface area contributed by atoms with E-state index in [9.17, 15) is 4.79 Å². The van der Waals surface area contributed by atoms with Gasteiger partial charge in [0.2, 0.25) is 12.7 Å². The van der Waals surface area contributed by atoms with E-state index in [1.54, 1.807) is 0 Å². The lowest BCUT2D eigenvalue weighted by atomic mass is 9.90. The first-order chi connectivity index (χ1) is 9.67. The fourth-order valence-corrected chi connectivity index (χ4v) is 2.68. The average Bonchev–Trinajstić information content (AvgIpc) is 2.93. The molecule has 1 unspecified atom stereocenters. The monoisotopic (exact) mass is 276 g/mol.